The predicted octanol–water partition coefficient (Wildman–Crippen LogP) is 7.35. The average Bonchev–Trinajstić information content (AvgIpc) is 2.78. The van der Waals surface area contributed by atoms with Gasteiger partial charge in [-0.3, -0.25) is 4.98 Å². The van der Waals surface area contributed by atoms with Crippen LogP contribution >= 0.6 is 11.6 Å². The summed E-state index contributed by atoms with van der Waals surface area (Å²) in [5.74, 6) is 0. The summed E-state index contributed by atoms with van der Waals surface area (Å²) < 4.78 is 45.2. The maximum Gasteiger partial charge on any atom is 0.0709 e. The lowest BCUT2D eigenvalue weighted by molar-refractivity contribution is 1.32. The van der Waals surface area contributed by atoms with Crippen LogP contribution in [0.4, 0.5) is 0 Å². The van der Waals surface area contributed by atoms with E-state index in [2.05, 4.69) is 4.98 Å². The molecule has 0 aliphatic heterocycles. The van der Waals surface area contributed by atoms with Gasteiger partial charge in [0.2, 0.25) is 0 Å². The fraction of sp³-hybridized carbons (Fsp3) is 0.0800. The minimum atomic E-state index is -2.15. The van der Waals surface area contributed by atoms with Crippen molar-refractivity contribution in [3.05, 3.63) is 101 Å². The van der Waals surface area contributed by atoms with Crippen LogP contribution in [0.5, 0.6) is 0 Å². The minimum Gasteiger partial charge on any atom is -0.255 e. The van der Waals surface area contributed by atoms with Gasteiger partial charge < -0.3 is 0 Å². The van der Waals surface area contributed by atoms with Crippen molar-refractivity contribution in [3.8, 4) is 33.5 Å². The van der Waals surface area contributed by atoms with Crippen LogP contribution in [-0.2, 0) is 0 Å². The van der Waals surface area contributed by atoms with Crippen molar-refractivity contribution in [3.63, 3.8) is 0 Å². The highest BCUT2D eigenvalue weighted by atomic mass is 35.5. The Kier molecular flexibility index (Phi) is 3.21. The fourth-order valence-electron chi connectivity index (χ4n) is 2.99. The number of nitrogens with zero attached hydrogens (tertiary/aromatic N) is 1. The van der Waals surface area contributed by atoms with Gasteiger partial charge in [-0.15, -0.1) is 0 Å². The van der Waals surface area contributed by atoms with Crippen molar-refractivity contribution >= 4 is 11.6 Å². The Morgan fingerprint density at radius 2 is 1.33 bits per heavy atom. The third-order valence-electron chi connectivity index (χ3n) is 4.43. The monoisotopic (exact) mass is 375 g/mol. The molecule has 1 heterocycles. The first kappa shape index (κ1) is 11.7. The van der Waals surface area contributed by atoms with Crippen molar-refractivity contribution in [1.29, 1.82) is 0 Å². The number of benzene rings is 3. The summed E-state index contributed by atoms with van der Waals surface area (Å²) in [6.45, 7) is -4.29. The quantitative estimate of drug-likeness (QED) is 0.364. The molecular weight excluding hydrogens is 350 g/mol. The second-order valence-corrected chi connectivity index (χ2v) is 6.69. The Morgan fingerprint density at radius 3 is 2.00 bits per heavy atom. The average molecular weight is 376 g/mol. The van der Waals surface area contributed by atoms with Gasteiger partial charge >= 0.3 is 0 Å². The van der Waals surface area contributed by atoms with Crippen LogP contribution in [0.2, 0.25) is 5.02 Å². The van der Waals surface area contributed by atoms with Crippen molar-refractivity contribution in [1.82, 2.24) is 4.98 Å². The van der Waals surface area contributed by atoms with Gasteiger partial charge in [-0.05, 0) is 42.5 Å². The van der Waals surface area contributed by atoms with E-state index in [1.807, 2.05) is 30.3 Å². The van der Waals surface area contributed by atoms with Gasteiger partial charge in [-0.1, -0.05) is 89.5 Å². The first-order valence-electron chi connectivity index (χ1n) is 11.5. The molecular formula is C25H20ClN. The van der Waals surface area contributed by atoms with E-state index in [0.717, 1.165) is 27.8 Å². The number of hydrogen-bond acceptors (Lipinski definition) is 1. The molecule has 0 saturated carbocycles. The molecule has 27 heavy (non-hydrogen) atoms. The van der Waals surface area contributed by atoms with E-state index >= 15 is 0 Å². The lowest BCUT2D eigenvalue weighted by Crippen LogP contribution is -1.88. The topological polar surface area (TPSA) is 12.9 Å². The van der Waals surface area contributed by atoms with Gasteiger partial charge in [0.05, 0.1) is 10.7 Å². The van der Waals surface area contributed by atoms with E-state index in [4.69, 9.17) is 19.8 Å². The van der Waals surface area contributed by atoms with Gasteiger partial charge in [0.15, 0.2) is 0 Å². The molecule has 132 valence electrons. The molecule has 0 fully saturated rings. The normalized spacial score (nSPS) is 15.0. The first-order valence-corrected chi connectivity index (χ1v) is 8.88. The van der Waals surface area contributed by atoms with E-state index in [9.17, 15) is 0 Å². The van der Waals surface area contributed by atoms with Crippen LogP contribution in [0.15, 0.2) is 85.1 Å². The number of halogens is 1. The first-order chi connectivity index (χ1) is 15.5. The van der Waals surface area contributed by atoms with Crippen molar-refractivity contribution in [2.75, 3.05) is 0 Å². The molecule has 4 aromatic rings. The number of aryl methyl sites for hydroxylation is 2. The molecule has 0 N–H and O–H groups in total. The Hall–Kier alpha value is -2.90. The van der Waals surface area contributed by atoms with Gasteiger partial charge in [-0.25, -0.2) is 0 Å². The van der Waals surface area contributed by atoms with Gasteiger partial charge in [0, 0.05) is 25.5 Å². The van der Waals surface area contributed by atoms with Crippen LogP contribution in [-0.4, -0.2) is 4.98 Å². The van der Waals surface area contributed by atoms with E-state index < -0.39 is 13.7 Å². The van der Waals surface area contributed by atoms with Gasteiger partial charge in [0.1, 0.15) is 0 Å². The molecule has 3 aromatic carbocycles. The second-order valence-electron chi connectivity index (χ2n) is 6.28. The SMILES string of the molecule is [2H]C([2H])([2H])c1ccc(-c2cccc(-c3cc(-c4ccc(C([2H])([2H])[2H])cc4)ncc3Cl)c2)cc1. The molecule has 0 aliphatic carbocycles. The Bertz CT molecular complexity index is 1280. The number of aromatic nitrogens is 1. The standard InChI is InChI=1S/C25H20ClN/c1-17-6-10-19(11-7-17)21-4-3-5-22(14-21)23-15-25(27-16-24(23)26)20-12-8-18(2)9-13-20/h3-16H,1-2H3/i1D3,2D3. The van der Waals surface area contributed by atoms with Crippen LogP contribution < -0.4 is 0 Å². The lowest BCUT2D eigenvalue weighted by atomic mass is 9.98. The smallest absolute Gasteiger partial charge is 0.0709 e. The molecule has 4 rings (SSSR count). The van der Waals surface area contributed by atoms with Gasteiger partial charge in [0.25, 0.3) is 0 Å². The maximum absolute atomic E-state index is 7.54. The molecule has 0 unspecified atom stereocenters. The predicted molar refractivity (Wildman–Crippen MR) is 115 cm³/mol. The molecule has 0 aliphatic rings. The zero-order chi connectivity index (χ0) is 23.8. The van der Waals surface area contributed by atoms with Crippen LogP contribution in [0.1, 0.15) is 19.4 Å². The number of hydrogen-bond donors (Lipinski definition) is 0. The largest absolute Gasteiger partial charge is 0.255 e. The molecule has 0 bridgehead atoms. The molecule has 2 heteroatoms. The summed E-state index contributed by atoms with van der Waals surface area (Å²) in [4.78, 5) is 4.41. The van der Waals surface area contributed by atoms with Gasteiger partial charge in [-0.2, -0.15) is 0 Å². The third-order valence-corrected chi connectivity index (χ3v) is 4.73. The Balaban J connectivity index is 1.69. The number of pyridine rings is 1. The van der Waals surface area contributed by atoms with E-state index in [-0.39, 0.29) is 5.56 Å². The molecule has 1 aromatic heterocycles. The summed E-state index contributed by atoms with van der Waals surface area (Å²) in [5.41, 5.74) is 5.56. The summed E-state index contributed by atoms with van der Waals surface area (Å²) in [6.07, 6.45) is 1.59. The Morgan fingerprint density at radius 1 is 0.704 bits per heavy atom. The van der Waals surface area contributed by atoms with E-state index in [1.54, 1.807) is 54.7 Å². The molecule has 0 radical (unpaired) electrons. The number of rotatable bonds is 3. The zero-order valence-electron chi connectivity index (χ0n) is 20.4. The Labute approximate surface area is 173 Å². The zero-order valence-corrected chi connectivity index (χ0v) is 15.2. The van der Waals surface area contributed by atoms with E-state index in [0.29, 0.717) is 16.3 Å². The molecule has 1 nitrogen and oxygen atoms in total. The summed E-state index contributed by atoms with van der Waals surface area (Å²) in [6, 6.07) is 23.2. The van der Waals surface area contributed by atoms with Crippen LogP contribution in [0, 0.1) is 13.7 Å². The van der Waals surface area contributed by atoms with E-state index in [1.165, 1.54) is 0 Å². The molecule has 0 amide bonds. The summed E-state index contributed by atoms with van der Waals surface area (Å²) in [7, 11) is 0. The maximum atomic E-state index is 7.54. The molecule has 0 atom stereocenters. The highest BCUT2D eigenvalue weighted by Gasteiger charge is 2.09. The second kappa shape index (κ2) is 7.38. The van der Waals surface area contributed by atoms with Crippen molar-refractivity contribution in [2.45, 2.75) is 13.7 Å². The minimum absolute atomic E-state index is 0.276. The lowest BCUT2D eigenvalue weighted by Gasteiger charge is -2.10. The summed E-state index contributed by atoms with van der Waals surface area (Å²) >= 11 is 6.47. The fourth-order valence-corrected chi connectivity index (χ4v) is 3.20. The van der Waals surface area contributed by atoms with Crippen LogP contribution in [0.25, 0.3) is 33.5 Å². The van der Waals surface area contributed by atoms with Crippen molar-refractivity contribution < 1.29 is 8.22 Å². The third kappa shape index (κ3) is 3.79. The van der Waals surface area contributed by atoms with Crippen molar-refractivity contribution in [2.24, 2.45) is 0 Å². The highest BCUT2D eigenvalue weighted by Crippen LogP contribution is 2.33. The molecule has 0 saturated heterocycles. The molecule has 0 spiro atoms. The highest BCUT2D eigenvalue weighted by molar-refractivity contribution is 6.33. The summed E-state index contributed by atoms with van der Waals surface area (Å²) in [5, 5.41) is 0.493. The van der Waals surface area contributed by atoms with Crippen LogP contribution in [0.3, 0.4) is 0 Å².